The molecule has 6 nitrogen and oxygen atoms in total. The highest BCUT2D eigenvalue weighted by molar-refractivity contribution is 7.89. The van der Waals surface area contributed by atoms with Gasteiger partial charge in [0.05, 0.1) is 22.5 Å². The third-order valence-corrected chi connectivity index (χ3v) is 3.66. The maximum absolute atomic E-state index is 10.9. The first-order valence-corrected chi connectivity index (χ1v) is 7.75. The average Bonchev–Trinajstić information content (AvgIpc) is 2.42. The molecule has 0 fully saturated rings. The number of anilines is 1. The largest absolute Gasteiger partial charge is 0.383 e. The molecule has 1 aromatic heterocycles. The maximum Gasteiger partial charge on any atom is 0.209 e. The molecule has 20 heavy (non-hydrogen) atoms. The molecule has 0 radical (unpaired) electrons. The summed E-state index contributed by atoms with van der Waals surface area (Å²) < 4.78 is 21.7. The number of primary sulfonamides is 1. The predicted molar refractivity (Wildman–Crippen MR) is 77.5 cm³/mol. The van der Waals surface area contributed by atoms with E-state index >= 15 is 0 Å². The van der Waals surface area contributed by atoms with Crippen molar-refractivity contribution in [3.8, 4) is 6.07 Å². The monoisotopic (exact) mass is 290 g/mol. The summed E-state index contributed by atoms with van der Waals surface area (Å²) in [6.07, 6.45) is 1.88. The molecule has 0 bridgehead atoms. The van der Waals surface area contributed by atoms with E-state index in [1.165, 1.54) is 6.20 Å². The Morgan fingerprint density at radius 3 is 2.80 bits per heavy atom. The summed E-state index contributed by atoms with van der Waals surface area (Å²) in [5.74, 6) is -0.0924. The van der Waals surface area contributed by atoms with Crippen LogP contribution in [0.1, 0.15) is 12.0 Å². The Labute approximate surface area is 117 Å². The minimum absolute atomic E-state index is 0.0924. The average molecular weight is 290 g/mol. The Kier molecular flexibility index (Phi) is 4.17. The zero-order valence-corrected chi connectivity index (χ0v) is 11.5. The second-order valence-electron chi connectivity index (χ2n) is 4.32. The quantitative estimate of drug-likeness (QED) is 0.804. The molecule has 0 amide bonds. The second-order valence-corrected chi connectivity index (χ2v) is 6.06. The van der Waals surface area contributed by atoms with Crippen molar-refractivity contribution in [2.45, 2.75) is 6.42 Å². The molecule has 0 saturated heterocycles. The molecular formula is C13H14N4O2S. The molecule has 1 heterocycles. The van der Waals surface area contributed by atoms with Crippen LogP contribution >= 0.6 is 0 Å². The Balaban J connectivity index is 2.22. The molecule has 1 aromatic carbocycles. The van der Waals surface area contributed by atoms with Gasteiger partial charge in [-0.15, -0.1) is 0 Å². The highest BCUT2D eigenvalue weighted by Crippen LogP contribution is 2.25. The normalized spacial score (nSPS) is 11.2. The van der Waals surface area contributed by atoms with Crippen LogP contribution in [0.3, 0.4) is 0 Å². The van der Waals surface area contributed by atoms with Crippen molar-refractivity contribution < 1.29 is 8.42 Å². The topological polar surface area (TPSA) is 109 Å². The number of para-hydroxylation sites is 1. The first-order valence-electron chi connectivity index (χ1n) is 6.03. The third-order valence-electron chi connectivity index (χ3n) is 2.80. The number of nitriles is 1. The number of hydrogen-bond donors (Lipinski definition) is 2. The van der Waals surface area contributed by atoms with E-state index in [0.717, 1.165) is 10.9 Å². The van der Waals surface area contributed by atoms with E-state index in [1.54, 1.807) is 0 Å². The zero-order chi connectivity index (χ0) is 14.6. The van der Waals surface area contributed by atoms with Crippen molar-refractivity contribution >= 4 is 26.6 Å². The lowest BCUT2D eigenvalue weighted by atomic mass is 10.1. The fourth-order valence-corrected chi connectivity index (χ4v) is 2.45. The van der Waals surface area contributed by atoms with Crippen molar-refractivity contribution in [2.24, 2.45) is 5.14 Å². The fraction of sp³-hybridized carbons (Fsp3) is 0.231. The van der Waals surface area contributed by atoms with Crippen LogP contribution in [-0.4, -0.2) is 25.7 Å². The summed E-state index contributed by atoms with van der Waals surface area (Å²) in [7, 11) is -3.45. The Hall–Kier alpha value is -2.17. The fourth-order valence-electron chi connectivity index (χ4n) is 1.90. The molecule has 2 rings (SSSR count). The van der Waals surface area contributed by atoms with Crippen molar-refractivity contribution in [1.29, 1.82) is 5.26 Å². The van der Waals surface area contributed by atoms with Gasteiger partial charge in [0.25, 0.3) is 0 Å². The highest BCUT2D eigenvalue weighted by atomic mass is 32.2. The lowest BCUT2D eigenvalue weighted by molar-refractivity contribution is 0.596. The van der Waals surface area contributed by atoms with E-state index in [-0.39, 0.29) is 5.75 Å². The Bertz CT molecular complexity index is 766. The number of pyridine rings is 1. The molecule has 3 N–H and O–H groups in total. The van der Waals surface area contributed by atoms with Gasteiger partial charge in [-0.2, -0.15) is 5.26 Å². The standard InChI is InChI=1S/C13H14N4O2S/c14-8-10-9-17-12-5-2-1-4-11(12)13(10)16-6-3-7-20(15,18)19/h1-2,4-5,9H,3,6-7H2,(H,16,17)(H2,15,18,19). The number of rotatable bonds is 5. The van der Waals surface area contributed by atoms with Crippen LogP contribution in [-0.2, 0) is 10.0 Å². The van der Waals surface area contributed by atoms with Crippen molar-refractivity contribution in [2.75, 3.05) is 17.6 Å². The van der Waals surface area contributed by atoms with Gasteiger partial charge >= 0.3 is 0 Å². The van der Waals surface area contributed by atoms with Crippen LogP contribution in [0.2, 0.25) is 0 Å². The van der Waals surface area contributed by atoms with E-state index in [1.807, 2.05) is 24.3 Å². The van der Waals surface area contributed by atoms with Crippen molar-refractivity contribution in [3.63, 3.8) is 0 Å². The van der Waals surface area contributed by atoms with Gasteiger partial charge in [-0.1, -0.05) is 18.2 Å². The SMILES string of the molecule is N#Cc1cnc2ccccc2c1NCCCS(N)(=O)=O. The second kappa shape index (κ2) is 5.86. The number of nitrogens with one attached hydrogen (secondary N) is 1. The minimum atomic E-state index is -3.45. The summed E-state index contributed by atoms with van der Waals surface area (Å²) in [5.41, 5.74) is 1.88. The lowest BCUT2D eigenvalue weighted by Gasteiger charge is -2.10. The zero-order valence-electron chi connectivity index (χ0n) is 10.7. The van der Waals surface area contributed by atoms with E-state index < -0.39 is 10.0 Å². The van der Waals surface area contributed by atoms with E-state index in [2.05, 4.69) is 16.4 Å². The molecule has 0 saturated carbocycles. The van der Waals surface area contributed by atoms with E-state index in [0.29, 0.717) is 24.2 Å². The highest BCUT2D eigenvalue weighted by Gasteiger charge is 2.08. The molecule has 0 spiro atoms. The van der Waals surface area contributed by atoms with E-state index in [9.17, 15) is 8.42 Å². The number of aromatic nitrogens is 1. The number of fused-ring (bicyclic) bond motifs is 1. The minimum Gasteiger partial charge on any atom is -0.383 e. The number of sulfonamides is 1. The molecular weight excluding hydrogens is 276 g/mol. The van der Waals surface area contributed by atoms with Crippen LogP contribution in [0.15, 0.2) is 30.5 Å². The van der Waals surface area contributed by atoms with Gasteiger partial charge in [0, 0.05) is 18.1 Å². The summed E-state index contributed by atoms with van der Waals surface area (Å²) in [5, 5.41) is 18.0. The first kappa shape index (κ1) is 14.2. The van der Waals surface area contributed by atoms with Gasteiger partial charge in [-0.3, -0.25) is 4.98 Å². The molecule has 0 aliphatic heterocycles. The Morgan fingerprint density at radius 1 is 1.35 bits per heavy atom. The van der Waals surface area contributed by atoms with Crippen LogP contribution in [0, 0.1) is 11.3 Å². The molecule has 7 heteroatoms. The van der Waals surface area contributed by atoms with Gasteiger partial charge < -0.3 is 5.32 Å². The van der Waals surface area contributed by atoms with Crippen molar-refractivity contribution in [3.05, 3.63) is 36.0 Å². The first-order chi connectivity index (χ1) is 9.51. The summed E-state index contributed by atoms with van der Waals surface area (Å²) >= 11 is 0. The maximum atomic E-state index is 10.9. The number of nitrogens with two attached hydrogens (primary N) is 1. The van der Waals surface area contributed by atoms with Crippen molar-refractivity contribution in [1.82, 2.24) is 4.98 Å². The molecule has 0 unspecified atom stereocenters. The van der Waals surface area contributed by atoms with Gasteiger partial charge in [0.15, 0.2) is 0 Å². The number of hydrogen-bond acceptors (Lipinski definition) is 5. The number of benzene rings is 1. The Morgan fingerprint density at radius 2 is 2.10 bits per heavy atom. The van der Waals surface area contributed by atoms with Gasteiger partial charge in [0.1, 0.15) is 6.07 Å². The van der Waals surface area contributed by atoms with E-state index in [4.69, 9.17) is 10.4 Å². The van der Waals surface area contributed by atoms with Crippen LogP contribution < -0.4 is 10.5 Å². The summed E-state index contributed by atoms with van der Waals surface area (Å²) in [6, 6.07) is 9.53. The predicted octanol–water partition coefficient (Wildman–Crippen LogP) is 1.20. The lowest BCUT2D eigenvalue weighted by Crippen LogP contribution is -2.18. The van der Waals surface area contributed by atoms with Crippen LogP contribution in [0.4, 0.5) is 5.69 Å². The smallest absolute Gasteiger partial charge is 0.209 e. The van der Waals surface area contributed by atoms with Crippen LogP contribution in [0.25, 0.3) is 10.9 Å². The van der Waals surface area contributed by atoms with Gasteiger partial charge in [-0.05, 0) is 12.5 Å². The molecule has 104 valence electrons. The molecule has 0 atom stereocenters. The van der Waals surface area contributed by atoms with Gasteiger partial charge in [-0.25, -0.2) is 13.6 Å². The molecule has 0 aliphatic carbocycles. The number of nitrogens with zero attached hydrogens (tertiary/aromatic N) is 2. The summed E-state index contributed by atoms with van der Waals surface area (Å²) in [6.45, 7) is 0.416. The third kappa shape index (κ3) is 3.44. The summed E-state index contributed by atoms with van der Waals surface area (Å²) in [4.78, 5) is 4.20. The van der Waals surface area contributed by atoms with Gasteiger partial charge in [0.2, 0.25) is 10.0 Å². The molecule has 0 aliphatic rings. The van der Waals surface area contributed by atoms with Crippen LogP contribution in [0.5, 0.6) is 0 Å². The molecule has 2 aromatic rings.